The van der Waals surface area contributed by atoms with E-state index in [1.54, 1.807) is 19.4 Å². The van der Waals surface area contributed by atoms with Crippen LogP contribution < -0.4 is 0 Å². The minimum atomic E-state index is -3.23. The van der Waals surface area contributed by atoms with E-state index < -0.39 is 10.2 Å². The lowest BCUT2D eigenvalue weighted by Crippen LogP contribution is -2.30. The first kappa shape index (κ1) is 10.5. The van der Waals surface area contributed by atoms with Crippen molar-refractivity contribution in [3.8, 4) is 0 Å². The highest BCUT2D eigenvalue weighted by atomic mass is 32.2. The van der Waals surface area contributed by atoms with Crippen LogP contribution in [0.4, 0.5) is 0 Å². The highest BCUT2D eigenvalue weighted by molar-refractivity contribution is 7.86. The first-order valence-corrected chi connectivity index (χ1v) is 6.11. The zero-order valence-corrected chi connectivity index (χ0v) is 9.31. The van der Waals surface area contributed by atoms with Gasteiger partial charge in [0.05, 0.1) is 0 Å². The molecule has 1 aromatic rings. The second kappa shape index (κ2) is 3.88. The highest BCUT2D eigenvalue weighted by Gasteiger charge is 2.33. The number of nitrogens with zero attached hydrogens (tertiary/aromatic N) is 3. The molecule has 1 fully saturated rings. The van der Waals surface area contributed by atoms with Crippen LogP contribution >= 0.6 is 0 Å². The molecule has 0 saturated carbocycles. The molecule has 2 rings (SSSR count). The van der Waals surface area contributed by atoms with Crippen molar-refractivity contribution in [2.45, 2.75) is 6.54 Å². The standard InChI is InChI=1S/C9H13N3O2S/c1-11-5-6-12(15(11,13)14)8-9-3-2-4-10-7-9/h2-4,7H,5-6,8H2,1H3. The molecule has 0 amide bonds. The number of rotatable bonds is 2. The monoisotopic (exact) mass is 227 g/mol. The van der Waals surface area contributed by atoms with E-state index in [-0.39, 0.29) is 0 Å². The Balaban J connectivity index is 2.15. The Morgan fingerprint density at radius 1 is 1.47 bits per heavy atom. The van der Waals surface area contributed by atoms with E-state index in [0.29, 0.717) is 19.6 Å². The van der Waals surface area contributed by atoms with E-state index in [1.165, 1.54) is 8.61 Å². The van der Waals surface area contributed by atoms with Crippen LogP contribution in [0.2, 0.25) is 0 Å². The van der Waals surface area contributed by atoms with E-state index in [0.717, 1.165) is 5.56 Å². The third-order valence-corrected chi connectivity index (χ3v) is 4.40. The molecule has 0 radical (unpaired) electrons. The Bertz CT molecular complexity index is 432. The van der Waals surface area contributed by atoms with Gasteiger partial charge in [0.2, 0.25) is 0 Å². The quantitative estimate of drug-likeness (QED) is 0.718. The summed E-state index contributed by atoms with van der Waals surface area (Å²) in [5.41, 5.74) is 0.913. The minimum Gasteiger partial charge on any atom is -0.264 e. The van der Waals surface area contributed by atoms with Gasteiger partial charge in [0.15, 0.2) is 0 Å². The second-order valence-corrected chi connectivity index (χ2v) is 5.56. The van der Waals surface area contributed by atoms with Crippen molar-refractivity contribution >= 4 is 10.2 Å². The third kappa shape index (κ3) is 2.01. The van der Waals surface area contributed by atoms with Crippen molar-refractivity contribution in [2.75, 3.05) is 20.1 Å². The Morgan fingerprint density at radius 3 is 2.80 bits per heavy atom. The van der Waals surface area contributed by atoms with Gasteiger partial charge < -0.3 is 0 Å². The molecule has 5 nitrogen and oxygen atoms in total. The molecule has 6 heteroatoms. The lowest BCUT2D eigenvalue weighted by atomic mass is 10.3. The molecule has 82 valence electrons. The summed E-state index contributed by atoms with van der Waals surface area (Å²) >= 11 is 0. The van der Waals surface area contributed by atoms with Crippen molar-refractivity contribution in [2.24, 2.45) is 0 Å². The maximum atomic E-state index is 11.7. The molecule has 1 saturated heterocycles. The Kier molecular flexibility index (Phi) is 2.72. The molecular formula is C9H13N3O2S. The molecule has 2 heterocycles. The lowest BCUT2D eigenvalue weighted by molar-refractivity contribution is 0.444. The van der Waals surface area contributed by atoms with Crippen molar-refractivity contribution in [3.63, 3.8) is 0 Å². The molecule has 0 aliphatic carbocycles. The van der Waals surface area contributed by atoms with Crippen LogP contribution in [0.5, 0.6) is 0 Å². The van der Waals surface area contributed by atoms with Gasteiger partial charge >= 0.3 is 0 Å². The highest BCUT2D eigenvalue weighted by Crippen LogP contribution is 2.16. The molecule has 0 bridgehead atoms. The fraction of sp³-hybridized carbons (Fsp3) is 0.444. The molecule has 0 unspecified atom stereocenters. The predicted octanol–water partition coefficient (Wildman–Crippen LogP) is 0.0738. The third-order valence-electron chi connectivity index (χ3n) is 2.47. The van der Waals surface area contributed by atoms with Crippen LogP contribution in [0.15, 0.2) is 24.5 Å². The van der Waals surface area contributed by atoms with Gasteiger partial charge in [-0.2, -0.15) is 17.0 Å². The van der Waals surface area contributed by atoms with Crippen molar-refractivity contribution in [1.82, 2.24) is 13.6 Å². The van der Waals surface area contributed by atoms with Gasteiger partial charge in [-0.1, -0.05) is 6.07 Å². The molecule has 15 heavy (non-hydrogen) atoms. The van der Waals surface area contributed by atoms with Crippen LogP contribution in [0, 0.1) is 0 Å². The summed E-state index contributed by atoms with van der Waals surface area (Å²) in [5.74, 6) is 0. The molecule has 0 spiro atoms. The Hall–Kier alpha value is -0.980. The van der Waals surface area contributed by atoms with E-state index >= 15 is 0 Å². The summed E-state index contributed by atoms with van der Waals surface area (Å²) in [7, 11) is -1.63. The van der Waals surface area contributed by atoms with Crippen LogP contribution in [-0.4, -0.2) is 42.1 Å². The maximum absolute atomic E-state index is 11.7. The van der Waals surface area contributed by atoms with E-state index in [2.05, 4.69) is 4.98 Å². The minimum absolute atomic E-state index is 0.403. The van der Waals surface area contributed by atoms with Crippen LogP contribution in [0.3, 0.4) is 0 Å². The zero-order chi connectivity index (χ0) is 10.9. The molecular weight excluding hydrogens is 214 g/mol. The Morgan fingerprint density at radius 2 is 2.27 bits per heavy atom. The first-order valence-electron chi connectivity index (χ1n) is 4.71. The summed E-state index contributed by atoms with van der Waals surface area (Å²) < 4.78 is 26.3. The van der Waals surface area contributed by atoms with Gasteiger partial charge in [-0.15, -0.1) is 0 Å². The summed E-state index contributed by atoms with van der Waals surface area (Å²) in [6.45, 7) is 1.51. The van der Waals surface area contributed by atoms with E-state index in [4.69, 9.17) is 0 Å². The van der Waals surface area contributed by atoms with Crippen molar-refractivity contribution in [3.05, 3.63) is 30.1 Å². The van der Waals surface area contributed by atoms with Gasteiger partial charge in [-0.3, -0.25) is 4.98 Å². The van der Waals surface area contributed by atoms with Gasteiger partial charge in [0, 0.05) is 39.1 Å². The second-order valence-electron chi connectivity index (χ2n) is 3.52. The number of aromatic nitrogens is 1. The smallest absolute Gasteiger partial charge is 0.264 e. The van der Waals surface area contributed by atoms with Gasteiger partial charge in [0.1, 0.15) is 0 Å². The fourth-order valence-corrected chi connectivity index (χ4v) is 2.87. The first-order chi connectivity index (χ1) is 7.10. The molecule has 0 aromatic carbocycles. The topological polar surface area (TPSA) is 53.5 Å². The summed E-state index contributed by atoms with van der Waals surface area (Å²) in [6.07, 6.45) is 3.36. The largest absolute Gasteiger partial charge is 0.282 e. The Labute approximate surface area is 89.5 Å². The van der Waals surface area contributed by atoms with Crippen LogP contribution in [-0.2, 0) is 16.8 Å². The van der Waals surface area contributed by atoms with E-state index in [9.17, 15) is 8.42 Å². The number of pyridine rings is 1. The molecule has 1 aromatic heterocycles. The van der Waals surface area contributed by atoms with Crippen LogP contribution in [0.1, 0.15) is 5.56 Å². The molecule has 0 atom stereocenters. The molecule has 1 aliphatic heterocycles. The molecule has 1 aliphatic rings. The number of hydrogen-bond donors (Lipinski definition) is 0. The normalized spacial score (nSPS) is 21.9. The summed E-state index contributed by atoms with van der Waals surface area (Å²) in [6, 6.07) is 3.68. The van der Waals surface area contributed by atoms with E-state index in [1.807, 2.05) is 12.1 Å². The van der Waals surface area contributed by atoms with Gasteiger partial charge in [-0.05, 0) is 11.6 Å². The van der Waals surface area contributed by atoms with Crippen molar-refractivity contribution in [1.29, 1.82) is 0 Å². The zero-order valence-electron chi connectivity index (χ0n) is 8.50. The molecule has 0 N–H and O–H groups in total. The van der Waals surface area contributed by atoms with Crippen LogP contribution in [0.25, 0.3) is 0 Å². The van der Waals surface area contributed by atoms with Crippen molar-refractivity contribution < 1.29 is 8.42 Å². The van der Waals surface area contributed by atoms with Gasteiger partial charge in [-0.25, -0.2) is 0 Å². The summed E-state index contributed by atoms with van der Waals surface area (Å²) in [5, 5.41) is 0. The van der Waals surface area contributed by atoms with Gasteiger partial charge in [0.25, 0.3) is 10.2 Å². The predicted molar refractivity (Wildman–Crippen MR) is 56.2 cm³/mol. The number of likely N-dealkylation sites (N-methyl/N-ethyl adjacent to an activating group) is 1. The average molecular weight is 227 g/mol. The SMILES string of the molecule is CN1CCN(Cc2cccnc2)S1(=O)=O. The average Bonchev–Trinajstić information content (AvgIpc) is 2.47. The summed E-state index contributed by atoms with van der Waals surface area (Å²) in [4.78, 5) is 3.96. The maximum Gasteiger partial charge on any atom is 0.282 e. The lowest BCUT2D eigenvalue weighted by Gasteiger charge is -2.15. The number of hydrogen-bond acceptors (Lipinski definition) is 3. The fourth-order valence-electron chi connectivity index (χ4n) is 1.54.